The molecular formula is C19H21N3O2. The Hall–Kier alpha value is -2.69. The molecule has 1 aliphatic heterocycles. The first-order valence-corrected chi connectivity index (χ1v) is 8.22. The van der Waals surface area contributed by atoms with Crippen LogP contribution in [-0.4, -0.2) is 34.8 Å². The molecule has 0 unspecified atom stereocenters. The number of nitrogens with zero attached hydrogens (tertiary/aromatic N) is 2. The summed E-state index contributed by atoms with van der Waals surface area (Å²) in [6, 6.07) is 13.6. The van der Waals surface area contributed by atoms with Gasteiger partial charge in [0.1, 0.15) is 5.69 Å². The Morgan fingerprint density at radius 1 is 1.08 bits per heavy atom. The van der Waals surface area contributed by atoms with Gasteiger partial charge < -0.3 is 10.6 Å². The van der Waals surface area contributed by atoms with Crippen molar-refractivity contribution in [1.82, 2.24) is 9.88 Å². The highest BCUT2D eigenvalue weighted by molar-refractivity contribution is 5.95. The van der Waals surface area contributed by atoms with Crippen molar-refractivity contribution in [3.63, 3.8) is 0 Å². The molecule has 0 bridgehead atoms. The van der Waals surface area contributed by atoms with Crippen molar-refractivity contribution >= 4 is 11.8 Å². The normalized spacial score (nSPS) is 15.2. The predicted molar refractivity (Wildman–Crippen MR) is 91.5 cm³/mol. The molecule has 2 aromatic rings. The van der Waals surface area contributed by atoms with Gasteiger partial charge in [0.15, 0.2) is 0 Å². The summed E-state index contributed by atoms with van der Waals surface area (Å²) in [5.74, 6) is -0.000723. The van der Waals surface area contributed by atoms with E-state index in [0.717, 1.165) is 32.4 Å². The molecule has 24 heavy (non-hydrogen) atoms. The molecule has 0 saturated carbocycles. The van der Waals surface area contributed by atoms with Crippen LogP contribution in [0.15, 0.2) is 48.7 Å². The molecule has 2 heterocycles. The first-order valence-electron chi connectivity index (χ1n) is 8.22. The zero-order chi connectivity index (χ0) is 16.9. The quantitative estimate of drug-likeness (QED) is 0.938. The van der Waals surface area contributed by atoms with Gasteiger partial charge in [-0.15, -0.1) is 0 Å². The van der Waals surface area contributed by atoms with Gasteiger partial charge in [-0.05, 0) is 42.9 Å². The van der Waals surface area contributed by atoms with E-state index in [4.69, 9.17) is 5.73 Å². The number of benzene rings is 1. The molecule has 0 spiro atoms. The second-order valence-electron chi connectivity index (χ2n) is 6.22. The zero-order valence-electron chi connectivity index (χ0n) is 13.5. The smallest absolute Gasteiger partial charge is 0.267 e. The summed E-state index contributed by atoms with van der Waals surface area (Å²) in [6.45, 7) is 1.52. The van der Waals surface area contributed by atoms with Crippen LogP contribution in [0.5, 0.6) is 0 Å². The highest BCUT2D eigenvalue weighted by atomic mass is 16.2. The number of piperidine rings is 1. The van der Waals surface area contributed by atoms with Crippen LogP contribution in [-0.2, 0) is 6.42 Å². The molecule has 2 amide bonds. The average molecular weight is 323 g/mol. The van der Waals surface area contributed by atoms with Gasteiger partial charge in [0.2, 0.25) is 0 Å². The molecule has 1 saturated heterocycles. The molecule has 0 atom stereocenters. The molecular weight excluding hydrogens is 302 g/mol. The third-order valence-electron chi connectivity index (χ3n) is 4.53. The maximum atomic E-state index is 12.5. The number of pyridine rings is 1. The molecule has 2 N–H and O–H groups in total. The lowest BCUT2D eigenvalue weighted by molar-refractivity contribution is 0.0689. The molecule has 1 aliphatic rings. The zero-order valence-corrected chi connectivity index (χ0v) is 13.5. The Bertz CT molecular complexity index is 705. The Morgan fingerprint density at radius 3 is 2.38 bits per heavy atom. The van der Waals surface area contributed by atoms with Crippen LogP contribution in [0, 0.1) is 5.92 Å². The molecule has 0 radical (unpaired) electrons. The van der Waals surface area contributed by atoms with E-state index in [0.29, 0.717) is 11.5 Å². The van der Waals surface area contributed by atoms with E-state index in [2.05, 4.69) is 29.2 Å². The number of hydrogen-bond acceptors (Lipinski definition) is 3. The van der Waals surface area contributed by atoms with Gasteiger partial charge in [0.05, 0.1) is 5.56 Å². The fraction of sp³-hybridized carbons (Fsp3) is 0.316. The van der Waals surface area contributed by atoms with Crippen LogP contribution in [0.25, 0.3) is 0 Å². The first kappa shape index (κ1) is 16.2. The van der Waals surface area contributed by atoms with Crippen molar-refractivity contribution in [2.75, 3.05) is 13.1 Å². The lowest BCUT2D eigenvalue weighted by atomic mass is 9.90. The molecule has 3 rings (SSSR count). The Labute approximate surface area is 141 Å². The SMILES string of the molecule is NC(=O)c1ccc(C(=O)N2CCC(Cc3ccccc3)CC2)cn1. The fourth-order valence-electron chi connectivity index (χ4n) is 3.14. The minimum absolute atomic E-state index is 0.0309. The Morgan fingerprint density at radius 2 is 1.79 bits per heavy atom. The van der Waals surface area contributed by atoms with Crippen LogP contribution in [0.1, 0.15) is 39.3 Å². The summed E-state index contributed by atoms with van der Waals surface area (Å²) in [4.78, 5) is 29.4. The van der Waals surface area contributed by atoms with Crippen molar-refractivity contribution < 1.29 is 9.59 Å². The number of aromatic nitrogens is 1. The number of amides is 2. The minimum atomic E-state index is -0.587. The Kier molecular flexibility index (Phi) is 4.89. The number of hydrogen-bond donors (Lipinski definition) is 1. The number of primary amides is 1. The third-order valence-corrected chi connectivity index (χ3v) is 4.53. The van der Waals surface area contributed by atoms with Crippen molar-refractivity contribution in [2.45, 2.75) is 19.3 Å². The number of rotatable bonds is 4. The maximum Gasteiger partial charge on any atom is 0.267 e. The average Bonchev–Trinajstić information content (AvgIpc) is 2.63. The molecule has 5 heteroatoms. The van der Waals surface area contributed by atoms with E-state index in [9.17, 15) is 9.59 Å². The predicted octanol–water partition coefficient (Wildman–Crippen LogP) is 2.28. The van der Waals surface area contributed by atoms with Crippen molar-refractivity contribution in [2.24, 2.45) is 11.7 Å². The largest absolute Gasteiger partial charge is 0.364 e. The number of likely N-dealkylation sites (tertiary alicyclic amines) is 1. The summed E-state index contributed by atoms with van der Waals surface area (Å²) < 4.78 is 0. The number of nitrogens with two attached hydrogens (primary N) is 1. The van der Waals surface area contributed by atoms with Crippen LogP contribution in [0.3, 0.4) is 0 Å². The van der Waals surface area contributed by atoms with Crippen molar-refractivity contribution in [3.05, 3.63) is 65.5 Å². The van der Waals surface area contributed by atoms with Gasteiger partial charge in [0.25, 0.3) is 11.8 Å². The van der Waals surface area contributed by atoms with Crippen LogP contribution in [0.4, 0.5) is 0 Å². The molecule has 1 fully saturated rings. The van der Waals surface area contributed by atoms with Crippen LogP contribution < -0.4 is 5.73 Å². The van der Waals surface area contributed by atoms with E-state index < -0.39 is 5.91 Å². The summed E-state index contributed by atoms with van der Waals surface area (Å²) in [5.41, 5.74) is 7.20. The fourth-order valence-corrected chi connectivity index (χ4v) is 3.14. The first-order chi connectivity index (χ1) is 11.6. The number of carbonyl (C=O) groups excluding carboxylic acids is 2. The topological polar surface area (TPSA) is 76.3 Å². The second kappa shape index (κ2) is 7.25. The molecule has 5 nitrogen and oxygen atoms in total. The van der Waals surface area contributed by atoms with Gasteiger partial charge >= 0.3 is 0 Å². The van der Waals surface area contributed by atoms with Crippen molar-refractivity contribution in [1.29, 1.82) is 0 Å². The highest BCUT2D eigenvalue weighted by Crippen LogP contribution is 2.22. The molecule has 0 aliphatic carbocycles. The lowest BCUT2D eigenvalue weighted by Crippen LogP contribution is -2.39. The van der Waals surface area contributed by atoms with Crippen LogP contribution >= 0.6 is 0 Å². The third kappa shape index (κ3) is 3.79. The van der Waals surface area contributed by atoms with E-state index >= 15 is 0 Å². The summed E-state index contributed by atoms with van der Waals surface area (Å²) in [7, 11) is 0. The monoisotopic (exact) mass is 323 g/mol. The van der Waals surface area contributed by atoms with Gasteiger partial charge in [-0.2, -0.15) is 0 Å². The molecule has 1 aromatic carbocycles. The van der Waals surface area contributed by atoms with Gasteiger partial charge in [-0.1, -0.05) is 30.3 Å². The van der Waals surface area contributed by atoms with Gasteiger partial charge in [-0.25, -0.2) is 0 Å². The van der Waals surface area contributed by atoms with E-state index in [1.54, 1.807) is 6.07 Å². The second-order valence-corrected chi connectivity index (χ2v) is 6.22. The van der Waals surface area contributed by atoms with Crippen LogP contribution in [0.2, 0.25) is 0 Å². The van der Waals surface area contributed by atoms with Gasteiger partial charge in [0, 0.05) is 19.3 Å². The van der Waals surface area contributed by atoms with E-state index in [1.807, 2.05) is 11.0 Å². The van der Waals surface area contributed by atoms with E-state index in [1.165, 1.54) is 17.8 Å². The van der Waals surface area contributed by atoms with Crippen molar-refractivity contribution in [3.8, 4) is 0 Å². The minimum Gasteiger partial charge on any atom is -0.364 e. The molecule has 124 valence electrons. The summed E-state index contributed by atoms with van der Waals surface area (Å²) >= 11 is 0. The maximum absolute atomic E-state index is 12.5. The standard InChI is InChI=1S/C19H21N3O2/c20-18(23)17-7-6-16(13-21-17)19(24)22-10-8-15(9-11-22)12-14-4-2-1-3-5-14/h1-7,13,15H,8-12H2,(H2,20,23). The molecule has 1 aromatic heterocycles. The van der Waals surface area contributed by atoms with Gasteiger partial charge in [-0.3, -0.25) is 14.6 Å². The number of carbonyl (C=O) groups is 2. The summed E-state index contributed by atoms with van der Waals surface area (Å²) in [6.07, 6.45) is 4.51. The lowest BCUT2D eigenvalue weighted by Gasteiger charge is -2.32. The Balaban J connectivity index is 1.56. The van der Waals surface area contributed by atoms with E-state index in [-0.39, 0.29) is 11.6 Å². The summed E-state index contributed by atoms with van der Waals surface area (Å²) in [5, 5.41) is 0. The highest BCUT2D eigenvalue weighted by Gasteiger charge is 2.24.